The van der Waals surface area contributed by atoms with Gasteiger partial charge >= 0.3 is 0 Å². The Labute approximate surface area is 39.0 Å². The van der Waals surface area contributed by atoms with Crippen LogP contribution in [0.1, 0.15) is 0 Å². The van der Waals surface area contributed by atoms with Crippen LogP contribution in [0.4, 0.5) is 14.1 Å². The number of hydrogen-bond donors (Lipinski definition) is 0. The minimum Gasteiger partial charge on any atom is -0.412 e. The van der Waals surface area contributed by atoms with Crippen LogP contribution >= 0.6 is 0 Å². The molecule has 0 saturated carbocycles. The molecule has 0 bridgehead atoms. The summed E-state index contributed by atoms with van der Waals surface area (Å²) < 4.78 is 0. The Morgan fingerprint density at radius 2 is 0.600 bits per heavy atom. The quantitative estimate of drug-likeness (QED) is 0.427. The molecule has 0 aromatic rings. The van der Waals surface area contributed by atoms with Crippen LogP contribution in [-0.2, 0) is 18.6 Å². The zero-order valence-corrected chi connectivity index (χ0v) is 3.57. The van der Waals surface area contributed by atoms with Crippen LogP contribution in [0.25, 0.3) is 0 Å². The number of hydrogen-bond acceptors (Lipinski definition) is 0. The topological polar surface area (TPSA) is 31.5 Å². The Kier molecular flexibility index (Phi) is 77200. The van der Waals surface area contributed by atoms with Crippen molar-refractivity contribution in [1.29, 1.82) is 0 Å². The van der Waals surface area contributed by atoms with E-state index in [0.29, 0.717) is 0 Å². The minimum atomic E-state index is 0. The third kappa shape index (κ3) is 211. The third-order valence-corrected chi connectivity index (χ3v) is 0. The number of halogens is 3. The van der Waals surface area contributed by atoms with Crippen molar-refractivity contribution in [3.63, 3.8) is 0 Å². The molecule has 0 spiro atoms. The largest absolute Gasteiger partial charge is 0.412 e. The molecule has 0 fully saturated rings. The first kappa shape index (κ1) is 896. The average Bonchev–Trinajstić information content (AvgIpc) is 0. The Morgan fingerprint density at radius 1 is 0.600 bits per heavy atom. The third-order valence-electron chi connectivity index (χ3n) is 0. The van der Waals surface area contributed by atoms with Gasteiger partial charge in [-0.3, -0.25) is 14.1 Å². The van der Waals surface area contributed by atoms with Crippen LogP contribution in [0.15, 0.2) is 0 Å². The first-order valence-electron chi connectivity index (χ1n) is 0. The van der Waals surface area contributed by atoms with Crippen molar-refractivity contribution in [1.82, 2.24) is 0 Å². The second kappa shape index (κ2) is 431. The number of rotatable bonds is 0. The fourth-order valence-electron chi connectivity index (χ4n) is 0. The summed E-state index contributed by atoms with van der Waals surface area (Å²) >= 11 is 0. The molecule has 2 N–H and O–H groups in total. The molecular weight excluding hydrogens is 124 g/mol. The van der Waals surface area contributed by atoms with Crippen molar-refractivity contribution < 1.29 is 38.1 Å². The molecule has 37 valence electrons. The van der Waals surface area contributed by atoms with E-state index in [1.165, 1.54) is 0 Å². The van der Waals surface area contributed by atoms with Crippen LogP contribution in [0.3, 0.4) is 0 Å². The van der Waals surface area contributed by atoms with Crippen molar-refractivity contribution in [3.8, 4) is 0 Å². The zero-order chi connectivity index (χ0) is 0. The van der Waals surface area contributed by atoms with Crippen LogP contribution in [-0.4, -0.2) is 5.48 Å². The standard InChI is InChI=1S/3FH.H2O.V/h3*1H;1H2;. The first-order valence-corrected chi connectivity index (χ1v) is 0. The predicted molar refractivity (Wildman–Crippen MR) is 11.1 cm³/mol. The molecule has 5 heavy (non-hydrogen) atoms. The SMILES string of the molecule is F.F.F.O.[V]. The van der Waals surface area contributed by atoms with Crippen LogP contribution < -0.4 is 0 Å². The molecule has 0 aromatic carbocycles. The summed E-state index contributed by atoms with van der Waals surface area (Å²) in [5, 5.41) is 0. The zero-order valence-electron chi connectivity index (χ0n) is 2.17. The molecule has 1 radical (unpaired) electrons. The van der Waals surface area contributed by atoms with E-state index in [0.717, 1.165) is 0 Å². The molecule has 0 atom stereocenters. The summed E-state index contributed by atoms with van der Waals surface area (Å²) in [5.41, 5.74) is 0. The smallest absolute Gasteiger partial charge is 0 e. The normalized spacial score (nSPS) is 0. The van der Waals surface area contributed by atoms with E-state index in [4.69, 9.17) is 0 Å². The summed E-state index contributed by atoms with van der Waals surface area (Å²) in [5.74, 6) is 0. The Hall–Kier alpha value is 0.334. The monoisotopic (exact) mass is 129 g/mol. The van der Waals surface area contributed by atoms with Gasteiger partial charge in [0, 0.05) is 18.6 Å². The average molecular weight is 129 g/mol. The first-order chi connectivity index (χ1) is 0. The fraction of sp³-hybridized carbons (Fsp3) is 0. The van der Waals surface area contributed by atoms with E-state index in [1.807, 2.05) is 0 Å². The van der Waals surface area contributed by atoms with Gasteiger partial charge in [-0.1, -0.05) is 0 Å². The molecule has 0 rings (SSSR count). The predicted octanol–water partition coefficient (Wildman–Crippen LogP) is -0.370. The van der Waals surface area contributed by atoms with Gasteiger partial charge in [0.25, 0.3) is 0 Å². The van der Waals surface area contributed by atoms with E-state index in [9.17, 15) is 0 Å². The van der Waals surface area contributed by atoms with Gasteiger partial charge in [0.15, 0.2) is 0 Å². The van der Waals surface area contributed by atoms with Crippen LogP contribution in [0.5, 0.6) is 0 Å². The second-order valence-corrected chi connectivity index (χ2v) is 0. The van der Waals surface area contributed by atoms with Crippen LogP contribution in [0, 0.1) is 0 Å². The molecule has 0 aromatic heterocycles. The summed E-state index contributed by atoms with van der Waals surface area (Å²) in [7, 11) is 0. The molecule has 1 nitrogen and oxygen atoms in total. The minimum absolute atomic E-state index is 0. The molecule has 0 aliphatic carbocycles. The maximum Gasteiger partial charge on any atom is 0 e. The van der Waals surface area contributed by atoms with Gasteiger partial charge in [-0.2, -0.15) is 0 Å². The fourth-order valence-corrected chi connectivity index (χ4v) is 0. The van der Waals surface area contributed by atoms with Crippen LogP contribution in [0.2, 0.25) is 0 Å². The summed E-state index contributed by atoms with van der Waals surface area (Å²) in [6.07, 6.45) is 0. The van der Waals surface area contributed by atoms with E-state index in [2.05, 4.69) is 0 Å². The summed E-state index contributed by atoms with van der Waals surface area (Å²) in [4.78, 5) is 0. The Morgan fingerprint density at radius 3 is 0.600 bits per heavy atom. The van der Waals surface area contributed by atoms with Crippen molar-refractivity contribution in [2.45, 2.75) is 0 Å². The second-order valence-electron chi connectivity index (χ2n) is 0. The molecule has 0 amide bonds. The van der Waals surface area contributed by atoms with Gasteiger partial charge in [0.2, 0.25) is 0 Å². The Balaban J connectivity index is 0. The molecule has 0 aliphatic heterocycles. The van der Waals surface area contributed by atoms with Gasteiger partial charge in [-0.15, -0.1) is 0 Å². The van der Waals surface area contributed by atoms with Crippen molar-refractivity contribution in [2.24, 2.45) is 0 Å². The van der Waals surface area contributed by atoms with E-state index < -0.39 is 0 Å². The van der Waals surface area contributed by atoms with E-state index >= 15 is 0 Å². The van der Waals surface area contributed by atoms with Gasteiger partial charge in [-0.05, 0) is 0 Å². The molecule has 0 unspecified atom stereocenters. The molecule has 5 heteroatoms. The molecule has 0 aliphatic rings. The molecule has 0 saturated heterocycles. The van der Waals surface area contributed by atoms with Gasteiger partial charge in [-0.25, -0.2) is 0 Å². The van der Waals surface area contributed by atoms with Gasteiger partial charge < -0.3 is 5.48 Å². The van der Waals surface area contributed by atoms with Gasteiger partial charge in [0.1, 0.15) is 0 Å². The maximum absolute atomic E-state index is 0. The maximum atomic E-state index is 0. The van der Waals surface area contributed by atoms with Crippen molar-refractivity contribution in [3.05, 3.63) is 0 Å². The van der Waals surface area contributed by atoms with Gasteiger partial charge in [0.05, 0.1) is 0 Å². The van der Waals surface area contributed by atoms with E-state index in [1.54, 1.807) is 0 Å². The van der Waals surface area contributed by atoms with Crippen molar-refractivity contribution in [2.75, 3.05) is 0 Å². The summed E-state index contributed by atoms with van der Waals surface area (Å²) in [6, 6.07) is 0. The van der Waals surface area contributed by atoms with E-state index in [-0.39, 0.29) is 38.1 Å². The summed E-state index contributed by atoms with van der Waals surface area (Å²) in [6.45, 7) is 0. The van der Waals surface area contributed by atoms with Crippen molar-refractivity contribution >= 4 is 0 Å². The molecule has 0 heterocycles. The molecular formula is H5F3OV. The Bertz CT molecular complexity index is 6.85.